The van der Waals surface area contributed by atoms with Gasteiger partial charge in [-0.25, -0.2) is 19.2 Å². The number of carbonyl (C=O) groups is 9. The number of likely N-dealkylation sites (tertiary alicyclic amines) is 1. The average Bonchev–Trinajstić information content (AvgIpc) is 0.773. The Labute approximate surface area is 533 Å². The topological polar surface area (TPSA) is 289 Å². The molecule has 1 aliphatic rings. The molecule has 2 unspecified atom stereocenters. The van der Waals surface area contributed by atoms with E-state index in [4.69, 9.17) is 14.2 Å². The third-order valence-electron chi connectivity index (χ3n) is 15.0. The van der Waals surface area contributed by atoms with Gasteiger partial charge in [0, 0.05) is 44.8 Å². The summed E-state index contributed by atoms with van der Waals surface area (Å²) in [4.78, 5) is 129. The van der Waals surface area contributed by atoms with Crippen molar-refractivity contribution in [3.05, 3.63) is 179 Å². The number of carbonyl (C=O) groups excluding carboxylic acids is 8. The fraction of sp³-hybridized carbons (Fsp3) is 0.443. The maximum absolute atomic E-state index is 15.4. The zero-order chi connectivity index (χ0) is 66.6. The number of ether oxygens (including phenoxy) is 3. The van der Waals surface area contributed by atoms with Crippen LogP contribution in [-0.4, -0.2) is 129 Å². The van der Waals surface area contributed by atoms with E-state index in [9.17, 15) is 29.1 Å². The molecule has 0 radical (unpaired) electrons. The number of carboxylic acid groups (broad SMARTS) is 1. The summed E-state index contributed by atoms with van der Waals surface area (Å²) in [5, 5.41) is 30.4. The van der Waals surface area contributed by atoms with Crippen molar-refractivity contribution in [3.8, 4) is 0 Å². The number of amides is 8. The van der Waals surface area contributed by atoms with Crippen LogP contribution in [-0.2, 0) is 61.4 Å². The number of hydrogen-bond donors (Lipinski definition) is 8. The molecule has 5 aromatic rings. The van der Waals surface area contributed by atoms with Crippen LogP contribution >= 0.6 is 0 Å². The van der Waals surface area contributed by atoms with Crippen LogP contribution in [0.5, 0.6) is 0 Å². The number of piperidine rings is 1. The van der Waals surface area contributed by atoms with Crippen molar-refractivity contribution in [1.29, 1.82) is 0 Å². The van der Waals surface area contributed by atoms with Crippen LogP contribution in [0.15, 0.2) is 152 Å². The lowest BCUT2D eigenvalue weighted by atomic mass is 9.77. The average molecular weight is 1250 g/mol. The summed E-state index contributed by atoms with van der Waals surface area (Å²) >= 11 is 0. The van der Waals surface area contributed by atoms with Gasteiger partial charge in [-0.15, -0.1) is 0 Å². The molecule has 21 nitrogen and oxygen atoms in total. The van der Waals surface area contributed by atoms with E-state index in [-0.39, 0.29) is 64.5 Å². The number of alkyl carbamates (subject to hydrolysis) is 3. The van der Waals surface area contributed by atoms with Crippen molar-refractivity contribution in [3.63, 3.8) is 0 Å². The molecule has 1 heterocycles. The maximum atomic E-state index is 15.4. The number of nitrogens with zero attached hydrogens (tertiary/aromatic N) is 1. The van der Waals surface area contributed by atoms with Crippen molar-refractivity contribution < 1.29 is 62.5 Å². The van der Waals surface area contributed by atoms with Gasteiger partial charge in [0.15, 0.2) is 0 Å². The maximum Gasteiger partial charge on any atom is 0.408 e. The highest BCUT2D eigenvalue weighted by molar-refractivity contribution is 5.96. The molecule has 1 fully saturated rings. The van der Waals surface area contributed by atoms with E-state index in [0.29, 0.717) is 17.5 Å². The zero-order valence-electron chi connectivity index (χ0n) is 53.9. The summed E-state index contributed by atoms with van der Waals surface area (Å²) in [5.41, 5.74) is -2.23. The molecule has 8 amide bonds. The van der Waals surface area contributed by atoms with E-state index in [0.717, 1.165) is 16.7 Å². The Balaban J connectivity index is 1.38. The van der Waals surface area contributed by atoms with Gasteiger partial charge in [0.2, 0.25) is 29.5 Å². The van der Waals surface area contributed by atoms with Crippen LogP contribution in [0.2, 0.25) is 0 Å². The minimum absolute atomic E-state index is 0.00182. The largest absolute Gasteiger partial charge is 0.480 e. The van der Waals surface area contributed by atoms with E-state index < -0.39 is 112 Å². The molecule has 1 saturated heterocycles. The molecule has 1 aliphatic heterocycles. The first-order valence-corrected chi connectivity index (χ1v) is 30.9. The molecule has 91 heavy (non-hydrogen) atoms. The molecule has 0 aliphatic carbocycles. The predicted octanol–water partition coefficient (Wildman–Crippen LogP) is 8.76. The van der Waals surface area contributed by atoms with Crippen molar-refractivity contribution in [2.45, 2.75) is 185 Å². The van der Waals surface area contributed by atoms with Gasteiger partial charge >= 0.3 is 24.2 Å². The standard InChI is InChI=1S/C70H90N8O13/c1-47-46-69(62(84)85,77-65(88)91-68(8,9)10)41-43-78(47)61(83)54(38-26-27-42-71-63(86)89-66(2,3)4)73-58(80)53(39-40-57(79)76-70(50-32-20-13-21-33-50,51-34-22-14-23-35-51)52-36-24-15-25-37-52)72-59(81)55(44-48-28-16-11-17-29-48)74-60(82)56(45-49-30-18-12-19-31-49)75-64(87)90-67(5,6)7/h11-25,28-37,47,53-56H,26-27,38-46H2,1-10H3,(H,71,86)(H,72,81)(H,73,80)(H,74,82)(H,75,87)(H,76,79)(H,77,88)(H,84,85)/t47?,53-,54-,55-,56-,69?/m1/s1. The lowest BCUT2D eigenvalue weighted by Crippen LogP contribution is -2.65. The Hall–Kier alpha value is -9.27. The van der Waals surface area contributed by atoms with Crippen molar-refractivity contribution in [2.24, 2.45) is 0 Å². The van der Waals surface area contributed by atoms with Crippen LogP contribution in [0.4, 0.5) is 14.4 Å². The highest BCUT2D eigenvalue weighted by Crippen LogP contribution is 2.37. The third-order valence-corrected chi connectivity index (χ3v) is 15.0. The van der Waals surface area contributed by atoms with Gasteiger partial charge in [-0.3, -0.25) is 24.0 Å². The molecule has 5 aromatic carbocycles. The fourth-order valence-electron chi connectivity index (χ4n) is 10.9. The van der Waals surface area contributed by atoms with Crippen molar-refractivity contribution >= 4 is 53.8 Å². The van der Waals surface area contributed by atoms with Gasteiger partial charge in [-0.05, 0) is 129 Å². The summed E-state index contributed by atoms with van der Waals surface area (Å²) in [5.74, 6) is -4.92. The molecule has 6 atom stereocenters. The van der Waals surface area contributed by atoms with Crippen LogP contribution in [0.3, 0.4) is 0 Å². The second-order valence-corrected chi connectivity index (χ2v) is 26.0. The highest BCUT2D eigenvalue weighted by atomic mass is 16.6. The van der Waals surface area contributed by atoms with Crippen LogP contribution in [0, 0.1) is 0 Å². The second-order valence-electron chi connectivity index (χ2n) is 26.0. The molecule has 6 rings (SSSR count). The van der Waals surface area contributed by atoms with Gasteiger partial charge in [0.25, 0.3) is 0 Å². The van der Waals surface area contributed by atoms with Gasteiger partial charge in [0.1, 0.15) is 52.0 Å². The quantitative estimate of drug-likeness (QED) is 0.0146. The minimum Gasteiger partial charge on any atom is -0.480 e. The van der Waals surface area contributed by atoms with Gasteiger partial charge in [-0.2, -0.15) is 0 Å². The minimum atomic E-state index is -1.82. The summed E-state index contributed by atoms with van der Waals surface area (Å²) in [6, 6.07) is 39.6. The van der Waals surface area contributed by atoms with E-state index in [2.05, 4.69) is 37.2 Å². The number of benzene rings is 5. The van der Waals surface area contributed by atoms with Crippen molar-refractivity contribution in [2.75, 3.05) is 13.1 Å². The van der Waals surface area contributed by atoms with E-state index >= 15 is 19.2 Å². The van der Waals surface area contributed by atoms with Crippen LogP contribution in [0.25, 0.3) is 0 Å². The van der Waals surface area contributed by atoms with E-state index in [1.54, 1.807) is 130 Å². The van der Waals surface area contributed by atoms with E-state index in [1.165, 1.54) is 4.90 Å². The lowest BCUT2D eigenvalue weighted by Gasteiger charge is -2.44. The Morgan fingerprint density at radius 2 is 0.923 bits per heavy atom. The number of hydrogen-bond acceptors (Lipinski definition) is 12. The van der Waals surface area contributed by atoms with Crippen molar-refractivity contribution in [1.82, 2.24) is 42.1 Å². The Bertz CT molecular complexity index is 3150. The molecule has 8 N–H and O–H groups in total. The summed E-state index contributed by atoms with van der Waals surface area (Å²) in [6.45, 7) is 16.7. The zero-order valence-corrected chi connectivity index (χ0v) is 53.9. The second kappa shape index (κ2) is 32.0. The monoisotopic (exact) mass is 1250 g/mol. The predicted molar refractivity (Wildman–Crippen MR) is 344 cm³/mol. The molecule has 0 bridgehead atoms. The number of carboxylic acids is 1. The molecule has 488 valence electrons. The molecule has 21 heteroatoms. The Morgan fingerprint density at radius 1 is 0.516 bits per heavy atom. The number of unbranched alkanes of at least 4 members (excludes halogenated alkanes) is 1. The van der Waals surface area contributed by atoms with Gasteiger partial charge < -0.3 is 61.4 Å². The normalized spacial score (nSPS) is 16.4. The van der Waals surface area contributed by atoms with Gasteiger partial charge in [0.05, 0.1) is 0 Å². The fourth-order valence-corrected chi connectivity index (χ4v) is 10.9. The number of rotatable bonds is 26. The Morgan fingerprint density at radius 3 is 1.37 bits per heavy atom. The van der Waals surface area contributed by atoms with E-state index in [1.807, 2.05) is 91.0 Å². The smallest absolute Gasteiger partial charge is 0.408 e. The molecular weight excluding hydrogens is 1160 g/mol. The summed E-state index contributed by atoms with van der Waals surface area (Å²) < 4.78 is 16.4. The first-order chi connectivity index (χ1) is 43.0. The third kappa shape index (κ3) is 21.7. The SMILES string of the molecule is CC1CC(NC(=O)OC(C)(C)C)(C(=O)O)CCN1C(=O)[C@@H](CCCCNC(=O)OC(C)(C)C)NC(=O)[C@@H](CCC(=O)NC(c1ccccc1)(c1ccccc1)c1ccccc1)NC(=O)[C@@H](Cc1ccccc1)NC(=O)[C@@H](Cc1ccccc1)NC(=O)OC(C)(C)C. The molecule has 0 saturated carbocycles. The first kappa shape index (κ1) is 70.8. The van der Waals surface area contributed by atoms with Crippen LogP contribution in [0.1, 0.15) is 142 Å². The molecule has 0 spiro atoms. The molecular formula is C70H90N8O13. The highest BCUT2D eigenvalue weighted by Gasteiger charge is 2.49. The number of aliphatic carboxylic acids is 1. The van der Waals surface area contributed by atoms with Crippen LogP contribution < -0.4 is 37.2 Å². The molecule has 0 aromatic heterocycles. The Kier molecular flexibility index (Phi) is 24.9. The number of nitrogens with one attached hydrogen (secondary N) is 7. The first-order valence-electron chi connectivity index (χ1n) is 30.9. The van der Waals surface area contributed by atoms with Gasteiger partial charge in [-0.1, -0.05) is 152 Å². The summed E-state index contributed by atoms with van der Waals surface area (Å²) in [6.07, 6.45) is -3.20. The summed E-state index contributed by atoms with van der Waals surface area (Å²) in [7, 11) is 0. The lowest BCUT2D eigenvalue weighted by molar-refractivity contribution is -0.152.